The van der Waals surface area contributed by atoms with Crippen molar-refractivity contribution < 1.29 is 9.90 Å². The summed E-state index contributed by atoms with van der Waals surface area (Å²) in [4.78, 5) is 11.7. The molecule has 1 amide bonds. The van der Waals surface area contributed by atoms with Gasteiger partial charge in [-0.1, -0.05) is 6.07 Å². The number of fused-ring (bicyclic) bond motifs is 1. The van der Waals surface area contributed by atoms with Crippen LogP contribution < -0.4 is 10.6 Å². The van der Waals surface area contributed by atoms with Crippen molar-refractivity contribution in [1.82, 2.24) is 10.6 Å². The Morgan fingerprint density at radius 1 is 1.47 bits per heavy atom. The predicted octanol–water partition coefficient (Wildman–Crippen LogP) is 1.74. The number of rotatable bonds is 4. The molecule has 0 bridgehead atoms. The first kappa shape index (κ1) is 13.9. The zero-order valence-electron chi connectivity index (χ0n) is 11.8. The van der Waals surface area contributed by atoms with Gasteiger partial charge in [0.05, 0.1) is 5.41 Å². The summed E-state index contributed by atoms with van der Waals surface area (Å²) < 4.78 is 0. The molecule has 0 aliphatic heterocycles. The predicted molar refractivity (Wildman–Crippen MR) is 75.0 cm³/mol. The molecule has 0 saturated heterocycles. The molecule has 0 heterocycles. The van der Waals surface area contributed by atoms with Crippen LogP contribution in [0, 0.1) is 5.41 Å². The first-order chi connectivity index (χ1) is 8.94. The Morgan fingerprint density at radius 2 is 2.21 bits per heavy atom. The standard InChI is InChI=1S/C15H22N2O2/c1-15(2,14(19)16-3)9-17-13-7-4-10-8-11(18)5-6-12(10)13/h5-6,8,13,17-18H,4,7,9H2,1-3H3,(H,16,19). The minimum Gasteiger partial charge on any atom is -0.508 e. The van der Waals surface area contributed by atoms with E-state index in [4.69, 9.17) is 0 Å². The summed E-state index contributed by atoms with van der Waals surface area (Å²) in [6, 6.07) is 5.81. The third-order valence-corrected chi connectivity index (χ3v) is 3.84. The van der Waals surface area contributed by atoms with E-state index in [1.807, 2.05) is 26.0 Å². The van der Waals surface area contributed by atoms with Crippen molar-refractivity contribution in [3.05, 3.63) is 29.3 Å². The van der Waals surface area contributed by atoms with Gasteiger partial charge in [-0.2, -0.15) is 0 Å². The van der Waals surface area contributed by atoms with E-state index >= 15 is 0 Å². The molecule has 2 rings (SSSR count). The number of amides is 1. The first-order valence-corrected chi connectivity index (χ1v) is 6.71. The van der Waals surface area contributed by atoms with E-state index in [0.29, 0.717) is 12.3 Å². The van der Waals surface area contributed by atoms with E-state index in [1.165, 1.54) is 11.1 Å². The summed E-state index contributed by atoms with van der Waals surface area (Å²) >= 11 is 0. The van der Waals surface area contributed by atoms with Gasteiger partial charge in [0.2, 0.25) is 5.91 Å². The molecule has 0 radical (unpaired) electrons. The highest BCUT2D eigenvalue weighted by molar-refractivity contribution is 5.81. The lowest BCUT2D eigenvalue weighted by Crippen LogP contribution is -2.42. The number of phenolic OH excluding ortho intramolecular Hbond substituents is 1. The van der Waals surface area contributed by atoms with Crippen LogP contribution in [-0.4, -0.2) is 24.6 Å². The molecule has 19 heavy (non-hydrogen) atoms. The number of nitrogens with one attached hydrogen (secondary N) is 2. The van der Waals surface area contributed by atoms with Gasteiger partial charge >= 0.3 is 0 Å². The third kappa shape index (κ3) is 2.89. The van der Waals surface area contributed by atoms with Crippen LogP contribution in [0.2, 0.25) is 0 Å². The average Bonchev–Trinajstić information content (AvgIpc) is 2.77. The maximum absolute atomic E-state index is 11.7. The number of carbonyl (C=O) groups is 1. The molecule has 1 aliphatic rings. The maximum Gasteiger partial charge on any atom is 0.226 e. The van der Waals surface area contributed by atoms with Gasteiger partial charge in [0.25, 0.3) is 0 Å². The number of carbonyl (C=O) groups excluding carboxylic acids is 1. The van der Waals surface area contributed by atoms with Gasteiger partial charge in [-0.3, -0.25) is 4.79 Å². The zero-order chi connectivity index (χ0) is 14.0. The topological polar surface area (TPSA) is 61.4 Å². The molecule has 1 aromatic rings. The van der Waals surface area contributed by atoms with Crippen LogP contribution in [0.4, 0.5) is 0 Å². The molecule has 4 heteroatoms. The Bertz CT molecular complexity index is 483. The summed E-state index contributed by atoms with van der Waals surface area (Å²) in [5.74, 6) is 0.369. The minimum absolute atomic E-state index is 0.0453. The molecule has 1 aromatic carbocycles. The number of aryl methyl sites for hydroxylation is 1. The summed E-state index contributed by atoms with van der Waals surface area (Å²) in [5, 5.41) is 15.6. The number of hydrogen-bond donors (Lipinski definition) is 3. The van der Waals surface area contributed by atoms with E-state index in [1.54, 1.807) is 13.1 Å². The minimum atomic E-state index is -0.422. The Kier molecular flexibility index (Phi) is 3.80. The van der Waals surface area contributed by atoms with Crippen LogP contribution >= 0.6 is 0 Å². The van der Waals surface area contributed by atoms with E-state index < -0.39 is 5.41 Å². The highest BCUT2D eigenvalue weighted by Crippen LogP contribution is 2.33. The molecular weight excluding hydrogens is 240 g/mol. The van der Waals surface area contributed by atoms with Crippen LogP contribution in [-0.2, 0) is 11.2 Å². The highest BCUT2D eigenvalue weighted by Gasteiger charge is 2.29. The van der Waals surface area contributed by atoms with E-state index in [9.17, 15) is 9.90 Å². The van der Waals surface area contributed by atoms with Crippen LogP contribution in [0.3, 0.4) is 0 Å². The first-order valence-electron chi connectivity index (χ1n) is 6.71. The van der Waals surface area contributed by atoms with Crippen molar-refractivity contribution in [2.75, 3.05) is 13.6 Å². The molecule has 1 atom stereocenters. The molecule has 0 aromatic heterocycles. The van der Waals surface area contributed by atoms with Gasteiger partial charge in [0.15, 0.2) is 0 Å². The molecule has 0 saturated carbocycles. The van der Waals surface area contributed by atoms with Crippen molar-refractivity contribution in [1.29, 1.82) is 0 Å². The molecule has 4 nitrogen and oxygen atoms in total. The summed E-state index contributed by atoms with van der Waals surface area (Å²) in [5.41, 5.74) is 2.02. The SMILES string of the molecule is CNC(=O)C(C)(C)CNC1CCc2cc(O)ccc21. The van der Waals surface area contributed by atoms with Crippen LogP contribution in [0.15, 0.2) is 18.2 Å². The second kappa shape index (κ2) is 5.21. The van der Waals surface area contributed by atoms with Crippen molar-refractivity contribution >= 4 is 5.91 Å². The van der Waals surface area contributed by atoms with Gasteiger partial charge in [-0.25, -0.2) is 0 Å². The van der Waals surface area contributed by atoms with Crippen LogP contribution in [0.25, 0.3) is 0 Å². The van der Waals surface area contributed by atoms with Crippen molar-refractivity contribution in [2.24, 2.45) is 5.41 Å². The van der Waals surface area contributed by atoms with Crippen LogP contribution in [0.5, 0.6) is 5.75 Å². The Morgan fingerprint density at radius 3 is 2.89 bits per heavy atom. The van der Waals surface area contributed by atoms with Gasteiger partial charge in [-0.05, 0) is 49.9 Å². The molecule has 0 fully saturated rings. The fourth-order valence-corrected chi connectivity index (χ4v) is 2.61. The maximum atomic E-state index is 11.7. The lowest BCUT2D eigenvalue weighted by atomic mass is 9.91. The van der Waals surface area contributed by atoms with Gasteiger partial charge < -0.3 is 15.7 Å². The lowest BCUT2D eigenvalue weighted by Gasteiger charge is -2.25. The third-order valence-electron chi connectivity index (χ3n) is 3.84. The van der Waals surface area contributed by atoms with Crippen molar-refractivity contribution in [3.8, 4) is 5.75 Å². The molecule has 0 spiro atoms. The van der Waals surface area contributed by atoms with Crippen molar-refractivity contribution in [2.45, 2.75) is 32.7 Å². The fraction of sp³-hybridized carbons (Fsp3) is 0.533. The van der Waals surface area contributed by atoms with E-state index in [-0.39, 0.29) is 11.9 Å². The second-order valence-electron chi connectivity index (χ2n) is 5.82. The van der Waals surface area contributed by atoms with E-state index in [0.717, 1.165) is 12.8 Å². The number of phenols is 1. The molecular formula is C15H22N2O2. The largest absolute Gasteiger partial charge is 0.508 e. The Balaban J connectivity index is 2.02. The number of hydrogen-bond acceptors (Lipinski definition) is 3. The fourth-order valence-electron chi connectivity index (χ4n) is 2.61. The monoisotopic (exact) mass is 262 g/mol. The lowest BCUT2D eigenvalue weighted by molar-refractivity contribution is -0.128. The molecule has 1 aliphatic carbocycles. The number of benzene rings is 1. The average molecular weight is 262 g/mol. The highest BCUT2D eigenvalue weighted by atomic mass is 16.3. The van der Waals surface area contributed by atoms with Gasteiger partial charge in [0.1, 0.15) is 5.75 Å². The zero-order valence-corrected chi connectivity index (χ0v) is 11.8. The smallest absolute Gasteiger partial charge is 0.226 e. The Labute approximate surface area is 114 Å². The quantitative estimate of drug-likeness (QED) is 0.774. The molecule has 1 unspecified atom stereocenters. The summed E-state index contributed by atoms with van der Waals surface area (Å²) in [6.45, 7) is 4.51. The van der Waals surface area contributed by atoms with Crippen molar-refractivity contribution in [3.63, 3.8) is 0 Å². The van der Waals surface area contributed by atoms with Gasteiger partial charge in [0, 0.05) is 19.6 Å². The summed E-state index contributed by atoms with van der Waals surface area (Å²) in [6.07, 6.45) is 1.99. The van der Waals surface area contributed by atoms with E-state index in [2.05, 4.69) is 10.6 Å². The Hall–Kier alpha value is -1.55. The molecule has 104 valence electrons. The number of aromatic hydroxyl groups is 1. The second-order valence-corrected chi connectivity index (χ2v) is 5.82. The normalized spacial score (nSPS) is 18.2. The molecule has 3 N–H and O–H groups in total. The van der Waals surface area contributed by atoms with Crippen LogP contribution in [0.1, 0.15) is 37.4 Å². The summed E-state index contributed by atoms with van der Waals surface area (Å²) in [7, 11) is 1.66. The van der Waals surface area contributed by atoms with Gasteiger partial charge in [-0.15, -0.1) is 0 Å².